The van der Waals surface area contributed by atoms with Gasteiger partial charge in [-0.2, -0.15) is 0 Å². The summed E-state index contributed by atoms with van der Waals surface area (Å²) in [6.07, 6.45) is 4.78. The number of piperidine rings is 1. The second-order valence-corrected chi connectivity index (χ2v) is 6.89. The molecule has 1 fully saturated rings. The Kier molecular flexibility index (Phi) is 5.08. The monoisotopic (exact) mass is 346 g/mol. The number of para-hydroxylation sites is 1. The number of hydrogen-bond acceptors (Lipinski definition) is 5. The maximum absolute atomic E-state index is 12.5. The fourth-order valence-electron chi connectivity index (χ4n) is 3.12. The number of likely N-dealkylation sites (tertiary alicyclic amines) is 1. The predicted octanol–water partition coefficient (Wildman–Crippen LogP) is 2.34. The van der Waals surface area contributed by atoms with Crippen LogP contribution in [0.25, 0.3) is 0 Å². The molecule has 1 amide bonds. The molecule has 0 bridgehead atoms. The number of hydrogen-bond donors (Lipinski definition) is 1. The fourth-order valence-corrected chi connectivity index (χ4v) is 3.63. The first kappa shape index (κ1) is 16.8. The molecule has 24 heavy (non-hydrogen) atoms. The molecule has 3 rings (SSSR count). The third-order valence-corrected chi connectivity index (χ3v) is 5.34. The van der Waals surface area contributed by atoms with Crippen LogP contribution in [0.4, 0.5) is 0 Å². The lowest BCUT2D eigenvalue weighted by atomic mass is 9.93. The molecule has 7 heteroatoms. The highest BCUT2D eigenvalue weighted by atomic mass is 32.2. The average molecular weight is 346 g/mol. The highest BCUT2D eigenvalue weighted by Gasteiger charge is 2.26. The van der Waals surface area contributed by atoms with E-state index in [9.17, 15) is 9.90 Å². The minimum absolute atomic E-state index is 0.0494. The summed E-state index contributed by atoms with van der Waals surface area (Å²) in [7, 11) is 2.00. The summed E-state index contributed by atoms with van der Waals surface area (Å²) >= 11 is 1.59. The molecule has 0 spiro atoms. The summed E-state index contributed by atoms with van der Waals surface area (Å²) in [5.74, 6) is 1.48. The van der Waals surface area contributed by atoms with Crippen LogP contribution in [-0.4, -0.2) is 50.0 Å². The molecule has 1 saturated heterocycles. The van der Waals surface area contributed by atoms with Crippen molar-refractivity contribution in [2.75, 3.05) is 19.3 Å². The Bertz CT molecular complexity index is 723. The van der Waals surface area contributed by atoms with Crippen LogP contribution >= 0.6 is 11.8 Å². The Hall–Kier alpha value is -2.02. The van der Waals surface area contributed by atoms with Crippen LogP contribution in [0.15, 0.2) is 29.4 Å². The van der Waals surface area contributed by atoms with Crippen molar-refractivity contribution in [3.63, 3.8) is 0 Å². The van der Waals surface area contributed by atoms with E-state index in [4.69, 9.17) is 0 Å². The summed E-state index contributed by atoms with van der Waals surface area (Å²) in [6.45, 7) is 1.43. The summed E-state index contributed by atoms with van der Waals surface area (Å²) < 4.78 is 2.05. The minimum atomic E-state index is -0.0881. The zero-order valence-electron chi connectivity index (χ0n) is 14.0. The van der Waals surface area contributed by atoms with Gasteiger partial charge in [-0.15, -0.1) is 10.2 Å². The molecule has 1 aromatic carbocycles. The second kappa shape index (κ2) is 7.25. The van der Waals surface area contributed by atoms with E-state index >= 15 is 0 Å². The van der Waals surface area contributed by atoms with E-state index in [1.807, 2.05) is 22.8 Å². The number of amides is 1. The topological polar surface area (TPSA) is 71.2 Å². The number of carbonyl (C=O) groups excluding carboxylic acids is 1. The fraction of sp³-hybridized carbons (Fsp3) is 0.471. The summed E-state index contributed by atoms with van der Waals surface area (Å²) in [5, 5.41) is 19.2. The molecule has 0 atom stereocenters. The largest absolute Gasteiger partial charge is 0.507 e. The van der Waals surface area contributed by atoms with E-state index in [0.717, 1.165) is 30.2 Å². The standard InChI is InChI=1S/C17H22N4O2S/c1-20-15(18-19-17(20)24-2)11-12-7-9-21(10-8-12)16(23)13-5-3-4-6-14(13)22/h3-6,12,22H,7-11H2,1-2H3. The highest BCUT2D eigenvalue weighted by Crippen LogP contribution is 2.25. The maximum atomic E-state index is 12.5. The molecule has 1 aromatic heterocycles. The third kappa shape index (κ3) is 3.40. The van der Waals surface area contributed by atoms with E-state index in [-0.39, 0.29) is 11.7 Å². The molecular weight excluding hydrogens is 324 g/mol. The number of thioether (sulfide) groups is 1. The lowest BCUT2D eigenvalue weighted by Crippen LogP contribution is -2.39. The smallest absolute Gasteiger partial charge is 0.257 e. The molecule has 1 N–H and O–H groups in total. The van der Waals surface area contributed by atoms with Gasteiger partial charge in [0.05, 0.1) is 5.56 Å². The van der Waals surface area contributed by atoms with E-state index in [1.165, 1.54) is 0 Å². The third-order valence-electron chi connectivity index (χ3n) is 4.62. The number of aromatic hydroxyl groups is 1. The second-order valence-electron chi connectivity index (χ2n) is 6.12. The average Bonchev–Trinajstić information content (AvgIpc) is 2.95. The van der Waals surface area contributed by atoms with E-state index < -0.39 is 0 Å². The molecule has 0 unspecified atom stereocenters. The van der Waals surface area contributed by atoms with Gasteiger partial charge in [-0.05, 0) is 37.1 Å². The van der Waals surface area contributed by atoms with Gasteiger partial charge in [0, 0.05) is 26.6 Å². The van der Waals surface area contributed by atoms with Crippen molar-refractivity contribution < 1.29 is 9.90 Å². The Morgan fingerprint density at radius 3 is 2.62 bits per heavy atom. The van der Waals surface area contributed by atoms with Crippen LogP contribution in [0.1, 0.15) is 29.0 Å². The van der Waals surface area contributed by atoms with Crippen LogP contribution < -0.4 is 0 Å². The number of benzene rings is 1. The van der Waals surface area contributed by atoms with Gasteiger partial charge in [-0.3, -0.25) is 4.79 Å². The van der Waals surface area contributed by atoms with Crippen LogP contribution in [0, 0.1) is 5.92 Å². The molecule has 128 valence electrons. The zero-order chi connectivity index (χ0) is 17.1. The summed E-state index contributed by atoms with van der Waals surface area (Å²) in [6, 6.07) is 6.73. The van der Waals surface area contributed by atoms with Gasteiger partial charge in [0.25, 0.3) is 5.91 Å². The SMILES string of the molecule is CSc1nnc(CC2CCN(C(=O)c3ccccc3O)CC2)n1C. The molecular formula is C17H22N4O2S. The first-order chi connectivity index (χ1) is 11.6. The normalized spacial score (nSPS) is 15.7. The van der Waals surface area contributed by atoms with Crippen molar-refractivity contribution in [1.82, 2.24) is 19.7 Å². The lowest BCUT2D eigenvalue weighted by molar-refractivity contribution is 0.0686. The molecule has 1 aliphatic heterocycles. The number of rotatable bonds is 4. The molecule has 0 radical (unpaired) electrons. The zero-order valence-corrected chi connectivity index (χ0v) is 14.8. The Balaban J connectivity index is 1.58. The highest BCUT2D eigenvalue weighted by molar-refractivity contribution is 7.98. The van der Waals surface area contributed by atoms with Gasteiger partial charge in [0.2, 0.25) is 0 Å². The molecule has 2 heterocycles. The number of phenols is 1. The van der Waals surface area contributed by atoms with Crippen LogP contribution in [0.5, 0.6) is 5.75 Å². The first-order valence-electron chi connectivity index (χ1n) is 8.09. The number of carbonyl (C=O) groups is 1. The van der Waals surface area contributed by atoms with E-state index in [2.05, 4.69) is 10.2 Å². The van der Waals surface area contributed by atoms with Crippen molar-refractivity contribution in [3.05, 3.63) is 35.7 Å². The minimum Gasteiger partial charge on any atom is -0.507 e. The van der Waals surface area contributed by atoms with Crippen molar-refractivity contribution >= 4 is 17.7 Å². The number of phenolic OH excluding ortho intramolecular Hbond substituents is 1. The van der Waals surface area contributed by atoms with Crippen molar-refractivity contribution in [3.8, 4) is 5.75 Å². The van der Waals surface area contributed by atoms with Gasteiger partial charge < -0.3 is 14.6 Å². The Labute approximate surface area is 145 Å². The van der Waals surface area contributed by atoms with Crippen molar-refractivity contribution in [2.45, 2.75) is 24.4 Å². The predicted molar refractivity (Wildman–Crippen MR) is 93.2 cm³/mol. The quantitative estimate of drug-likeness (QED) is 0.861. The van der Waals surface area contributed by atoms with E-state index in [0.29, 0.717) is 24.6 Å². The number of aromatic nitrogens is 3. The van der Waals surface area contributed by atoms with Gasteiger partial charge >= 0.3 is 0 Å². The van der Waals surface area contributed by atoms with Gasteiger partial charge in [0.1, 0.15) is 11.6 Å². The van der Waals surface area contributed by atoms with Crippen LogP contribution in [-0.2, 0) is 13.5 Å². The van der Waals surface area contributed by atoms with Crippen LogP contribution in [0.3, 0.4) is 0 Å². The summed E-state index contributed by atoms with van der Waals surface area (Å²) in [4.78, 5) is 14.3. The molecule has 2 aromatic rings. The lowest BCUT2D eigenvalue weighted by Gasteiger charge is -2.32. The van der Waals surface area contributed by atoms with Gasteiger partial charge in [0.15, 0.2) is 5.16 Å². The van der Waals surface area contributed by atoms with Gasteiger partial charge in [-0.1, -0.05) is 23.9 Å². The molecule has 0 saturated carbocycles. The summed E-state index contributed by atoms with van der Waals surface area (Å²) in [5.41, 5.74) is 0.383. The molecule has 1 aliphatic rings. The number of nitrogens with zero attached hydrogens (tertiary/aromatic N) is 4. The maximum Gasteiger partial charge on any atom is 0.257 e. The Morgan fingerprint density at radius 1 is 1.29 bits per heavy atom. The molecule has 0 aliphatic carbocycles. The van der Waals surface area contributed by atoms with Gasteiger partial charge in [-0.25, -0.2) is 0 Å². The molecule has 6 nitrogen and oxygen atoms in total. The van der Waals surface area contributed by atoms with Crippen molar-refractivity contribution in [2.24, 2.45) is 13.0 Å². The van der Waals surface area contributed by atoms with Crippen LogP contribution in [0.2, 0.25) is 0 Å². The first-order valence-corrected chi connectivity index (χ1v) is 9.32. The Morgan fingerprint density at radius 2 is 2.00 bits per heavy atom. The van der Waals surface area contributed by atoms with E-state index in [1.54, 1.807) is 36.0 Å². The van der Waals surface area contributed by atoms with Crippen molar-refractivity contribution in [1.29, 1.82) is 0 Å².